The minimum Gasteiger partial charge on any atom is -0.377 e. The maximum Gasteiger partial charge on any atom is 0.239 e. The second kappa shape index (κ2) is 8.53. The number of carbonyl (C=O) groups excluding carboxylic acids is 1. The first-order valence-electron chi connectivity index (χ1n) is 9.43. The fraction of sp³-hybridized carbons (Fsp3) is 0.500. The van der Waals surface area contributed by atoms with E-state index in [1.165, 1.54) is 9.75 Å². The van der Waals surface area contributed by atoms with Crippen molar-refractivity contribution in [1.82, 2.24) is 4.90 Å². The SMILES string of the molecule is N#Cc1c(NC(=O)CN(Cc2cccs2)CC2CCCO2)sc2c1CCC2. The van der Waals surface area contributed by atoms with Gasteiger partial charge >= 0.3 is 0 Å². The Balaban J connectivity index is 1.42. The first kappa shape index (κ1) is 18.6. The quantitative estimate of drug-likeness (QED) is 0.767. The van der Waals surface area contributed by atoms with E-state index >= 15 is 0 Å². The first-order valence-corrected chi connectivity index (χ1v) is 11.1. The minimum absolute atomic E-state index is 0.0547. The molecule has 0 bridgehead atoms. The summed E-state index contributed by atoms with van der Waals surface area (Å²) in [7, 11) is 0. The number of carbonyl (C=O) groups is 1. The molecule has 1 saturated heterocycles. The number of hydrogen-bond acceptors (Lipinski definition) is 6. The number of thiophene rings is 2. The fourth-order valence-electron chi connectivity index (χ4n) is 3.86. The Morgan fingerprint density at radius 2 is 2.33 bits per heavy atom. The lowest BCUT2D eigenvalue weighted by molar-refractivity contribution is -0.117. The van der Waals surface area contributed by atoms with Crippen molar-refractivity contribution in [2.45, 2.75) is 44.8 Å². The lowest BCUT2D eigenvalue weighted by atomic mass is 10.1. The number of anilines is 1. The molecule has 27 heavy (non-hydrogen) atoms. The van der Waals surface area contributed by atoms with Crippen LogP contribution in [0.2, 0.25) is 0 Å². The summed E-state index contributed by atoms with van der Waals surface area (Å²) in [5.41, 5.74) is 1.82. The molecule has 4 rings (SSSR count). The smallest absolute Gasteiger partial charge is 0.239 e. The van der Waals surface area contributed by atoms with Gasteiger partial charge in [-0.1, -0.05) is 6.07 Å². The standard InChI is InChI=1S/C20H23N3O2S2/c21-10-17-16-6-1-7-18(16)27-20(17)22-19(24)13-23(11-14-4-2-8-25-14)12-15-5-3-9-26-15/h3,5,9,14H,1-2,4,6-8,11-13H2,(H,22,24). The summed E-state index contributed by atoms with van der Waals surface area (Å²) in [5, 5.41) is 15.3. The number of nitriles is 1. The highest BCUT2D eigenvalue weighted by Crippen LogP contribution is 2.38. The third-order valence-corrected chi connectivity index (χ3v) is 7.17. The van der Waals surface area contributed by atoms with Crippen LogP contribution in [0.4, 0.5) is 5.00 Å². The molecule has 1 amide bonds. The Morgan fingerprint density at radius 1 is 1.41 bits per heavy atom. The molecule has 2 aromatic heterocycles. The van der Waals surface area contributed by atoms with Gasteiger partial charge in [-0.05, 0) is 49.1 Å². The minimum atomic E-state index is -0.0547. The third-order valence-electron chi connectivity index (χ3n) is 5.10. The van der Waals surface area contributed by atoms with Crippen LogP contribution in [0, 0.1) is 11.3 Å². The fourth-order valence-corrected chi connectivity index (χ4v) is 5.87. The van der Waals surface area contributed by atoms with E-state index in [9.17, 15) is 10.1 Å². The number of amides is 1. The Hall–Kier alpha value is -1.72. The van der Waals surface area contributed by atoms with Gasteiger partial charge in [-0.3, -0.25) is 9.69 Å². The van der Waals surface area contributed by atoms with Crippen LogP contribution in [0.15, 0.2) is 17.5 Å². The normalized spacial score (nSPS) is 18.6. The largest absolute Gasteiger partial charge is 0.377 e. The molecule has 1 unspecified atom stereocenters. The van der Waals surface area contributed by atoms with Crippen LogP contribution in [-0.2, 0) is 28.9 Å². The number of ether oxygens (including phenoxy) is 1. The number of nitrogens with one attached hydrogen (secondary N) is 1. The van der Waals surface area contributed by atoms with Gasteiger partial charge in [0.2, 0.25) is 5.91 Å². The Labute approximate surface area is 167 Å². The number of fused-ring (bicyclic) bond motifs is 1. The van der Waals surface area contributed by atoms with Crippen molar-refractivity contribution < 1.29 is 9.53 Å². The van der Waals surface area contributed by atoms with E-state index < -0.39 is 0 Å². The van der Waals surface area contributed by atoms with Crippen molar-refractivity contribution in [3.05, 3.63) is 38.4 Å². The van der Waals surface area contributed by atoms with Crippen molar-refractivity contribution in [2.75, 3.05) is 25.0 Å². The zero-order valence-corrected chi connectivity index (χ0v) is 16.8. The van der Waals surface area contributed by atoms with E-state index in [1.54, 1.807) is 22.7 Å². The molecule has 0 saturated carbocycles. The molecule has 1 fully saturated rings. The molecule has 2 aliphatic rings. The van der Waals surface area contributed by atoms with Crippen LogP contribution in [0.25, 0.3) is 0 Å². The van der Waals surface area contributed by atoms with Gasteiger partial charge < -0.3 is 10.1 Å². The van der Waals surface area contributed by atoms with E-state index in [0.717, 1.165) is 62.4 Å². The zero-order chi connectivity index (χ0) is 18.6. The number of aryl methyl sites for hydroxylation is 1. The van der Waals surface area contributed by atoms with Crippen LogP contribution in [0.3, 0.4) is 0 Å². The third kappa shape index (κ3) is 4.41. The topological polar surface area (TPSA) is 65.4 Å². The highest BCUT2D eigenvalue weighted by atomic mass is 32.1. The van der Waals surface area contributed by atoms with Gasteiger partial charge in [-0.15, -0.1) is 22.7 Å². The summed E-state index contributed by atoms with van der Waals surface area (Å²) in [6, 6.07) is 6.43. The van der Waals surface area contributed by atoms with Crippen LogP contribution in [0.5, 0.6) is 0 Å². The second-order valence-electron chi connectivity index (χ2n) is 7.11. The van der Waals surface area contributed by atoms with Crippen molar-refractivity contribution in [3.8, 4) is 6.07 Å². The molecule has 5 nitrogen and oxygen atoms in total. The molecule has 2 aromatic rings. The van der Waals surface area contributed by atoms with Gasteiger partial charge in [0, 0.05) is 29.5 Å². The number of rotatable bonds is 7. The molecular weight excluding hydrogens is 378 g/mol. The Kier molecular flexibility index (Phi) is 5.89. The summed E-state index contributed by atoms with van der Waals surface area (Å²) >= 11 is 3.28. The highest BCUT2D eigenvalue weighted by molar-refractivity contribution is 7.16. The van der Waals surface area contributed by atoms with Crippen molar-refractivity contribution in [1.29, 1.82) is 5.26 Å². The van der Waals surface area contributed by atoms with Crippen LogP contribution >= 0.6 is 22.7 Å². The van der Waals surface area contributed by atoms with Gasteiger partial charge in [0.05, 0.1) is 18.2 Å². The molecule has 7 heteroatoms. The molecule has 0 spiro atoms. The Bertz CT molecular complexity index is 832. The van der Waals surface area contributed by atoms with Crippen molar-refractivity contribution >= 4 is 33.6 Å². The molecule has 142 valence electrons. The van der Waals surface area contributed by atoms with Crippen molar-refractivity contribution in [2.24, 2.45) is 0 Å². The predicted molar refractivity (Wildman–Crippen MR) is 108 cm³/mol. The highest BCUT2D eigenvalue weighted by Gasteiger charge is 2.25. The maximum atomic E-state index is 12.7. The van der Waals surface area contributed by atoms with Gasteiger partial charge in [0.1, 0.15) is 11.1 Å². The number of nitrogens with zero attached hydrogens (tertiary/aromatic N) is 2. The molecule has 1 atom stereocenters. The summed E-state index contributed by atoms with van der Waals surface area (Å²) in [6.07, 6.45) is 5.44. The van der Waals surface area contributed by atoms with E-state index in [4.69, 9.17) is 4.74 Å². The lowest BCUT2D eigenvalue weighted by Crippen LogP contribution is -2.37. The summed E-state index contributed by atoms with van der Waals surface area (Å²) in [4.78, 5) is 17.4. The zero-order valence-electron chi connectivity index (χ0n) is 15.2. The van der Waals surface area contributed by atoms with E-state index in [2.05, 4.69) is 27.7 Å². The molecule has 3 heterocycles. The summed E-state index contributed by atoms with van der Waals surface area (Å²) in [5.74, 6) is -0.0547. The van der Waals surface area contributed by atoms with Gasteiger partial charge in [0.15, 0.2) is 0 Å². The molecular formula is C20H23N3O2S2. The second-order valence-corrected chi connectivity index (χ2v) is 9.24. The Morgan fingerprint density at radius 3 is 3.07 bits per heavy atom. The van der Waals surface area contributed by atoms with Gasteiger partial charge in [-0.25, -0.2) is 0 Å². The average Bonchev–Trinajstić information content (AvgIpc) is 3.40. The summed E-state index contributed by atoms with van der Waals surface area (Å²) < 4.78 is 5.77. The molecule has 1 aliphatic carbocycles. The number of hydrogen-bond donors (Lipinski definition) is 1. The van der Waals surface area contributed by atoms with Crippen LogP contribution in [0.1, 0.15) is 40.1 Å². The summed E-state index contributed by atoms with van der Waals surface area (Å²) in [6.45, 7) is 2.63. The maximum absolute atomic E-state index is 12.7. The average molecular weight is 402 g/mol. The van der Waals surface area contributed by atoms with E-state index in [0.29, 0.717) is 12.1 Å². The van der Waals surface area contributed by atoms with Gasteiger partial charge in [0.25, 0.3) is 0 Å². The monoisotopic (exact) mass is 401 g/mol. The van der Waals surface area contributed by atoms with Crippen molar-refractivity contribution in [3.63, 3.8) is 0 Å². The molecule has 0 aromatic carbocycles. The van der Waals surface area contributed by atoms with Crippen LogP contribution < -0.4 is 5.32 Å². The van der Waals surface area contributed by atoms with E-state index in [-0.39, 0.29) is 12.0 Å². The van der Waals surface area contributed by atoms with Crippen LogP contribution in [-0.4, -0.2) is 36.6 Å². The van der Waals surface area contributed by atoms with Gasteiger partial charge in [-0.2, -0.15) is 5.26 Å². The van der Waals surface area contributed by atoms with E-state index in [1.807, 2.05) is 6.07 Å². The first-order chi connectivity index (χ1) is 13.2. The molecule has 1 N–H and O–H groups in total. The molecule has 1 aliphatic heterocycles. The molecule has 0 radical (unpaired) electrons. The lowest BCUT2D eigenvalue weighted by Gasteiger charge is -2.24. The predicted octanol–water partition coefficient (Wildman–Crippen LogP) is 3.79.